The quantitative estimate of drug-likeness (QED) is 0.714. The number of pyridine rings is 1. The minimum atomic E-state index is -4.56. The first kappa shape index (κ1) is 17.6. The lowest BCUT2D eigenvalue weighted by Gasteiger charge is -2.06. The van der Waals surface area contributed by atoms with Crippen molar-refractivity contribution < 1.29 is 26.9 Å². The number of hydrogen-bond acceptors (Lipinski definition) is 4. The summed E-state index contributed by atoms with van der Waals surface area (Å²) < 4.78 is 55.3. The number of amides is 1. The maximum Gasteiger partial charge on any atom is 0.433 e. The lowest BCUT2D eigenvalue weighted by atomic mass is 10.1. The second-order valence-corrected chi connectivity index (χ2v) is 5.30. The lowest BCUT2D eigenvalue weighted by Crippen LogP contribution is -2.23. The van der Waals surface area contributed by atoms with Crippen LogP contribution >= 0.6 is 0 Å². The van der Waals surface area contributed by atoms with Gasteiger partial charge in [0.05, 0.1) is 12.1 Å². The van der Waals surface area contributed by atoms with Gasteiger partial charge in [-0.15, -0.1) is 0 Å². The van der Waals surface area contributed by atoms with E-state index in [9.17, 15) is 22.4 Å². The third kappa shape index (κ3) is 4.05. The Bertz CT molecular complexity index is 903. The third-order valence-corrected chi connectivity index (χ3v) is 3.44. The fourth-order valence-electron chi connectivity index (χ4n) is 2.12. The van der Waals surface area contributed by atoms with E-state index in [2.05, 4.69) is 15.5 Å². The number of carbonyl (C=O) groups is 1. The number of halogens is 4. The van der Waals surface area contributed by atoms with E-state index < -0.39 is 17.8 Å². The van der Waals surface area contributed by atoms with Crippen LogP contribution in [0.4, 0.5) is 17.6 Å². The molecule has 1 amide bonds. The highest BCUT2D eigenvalue weighted by molar-refractivity contribution is 5.93. The average Bonchev–Trinajstić information content (AvgIpc) is 3.08. The van der Waals surface area contributed by atoms with Crippen molar-refractivity contribution in [3.05, 3.63) is 71.5 Å². The van der Waals surface area contributed by atoms with Crippen LogP contribution in [0.3, 0.4) is 0 Å². The smallest absolute Gasteiger partial charge is 0.359 e. The van der Waals surface area contributed by atoms with Gasteiger partial charge in [-0.3, -0.25) is 9.78 Å². The Kier molecular flexibility index (Phi) is 4.70. The van der Waals surface area contributed by atoms with E-state index in [0.29, 0.717) is 17.0 Å². The Labute approximate surface area is 144 Å². The molecule has 0 radical (unpaired) electrons. The van der Waals surface area contributed by atoms with Gasteiger partial charge >= 0.3 is 6.18 Å². The topological polar surface area (TPSA) is 68.0 Å². The number of carbonyl (C=O) groups excluding carboxylic acids is 1. The monoisotopic (exact) mass is 365 g/mol. The van der Waals surface area contributed by atoms with Crippen LogP contribution in [0.15, 0.2) is 53.2 Å². The van der Waals surface area contributed by atoms with Crippen LogP contribution < -0.4 is 5.32 Å². The molecule has 9 heteroatoms. The number of nitrogens with zero attached hydrogens (tertiary/aromatic N) is 2. The fourth-order valence-corrected chi connectivity index (χ4v) is 2.12. The summed E-state index contributed by atoms with van der Waals surface area (Å²) in [7, 11) is 0. The largest absolute Gasteiger partial charge is 0.433 e. The molecule has 3 rings (SSSR count). The Balaban J connectivity index is 1.62. The predicted molar refractivity (Wildman–Crippen MR) is 82.3 cm³/mol. The number of hydrogen-bond donors (Lipinski definition) is 1. The van der Waals surface area contributed by atoms with Crippen LogP contribution in [0.2, 0.25) is 0 Å². The lowest BCUT2D eigenvalue weighted by molar-refractivity contribution is -0.141. The molecule has 0 atom stereocenters. The Morgan fingerprint density at radius 3 is 2.46 bits per heavy atom. The summed E-state index contributed by atoms with van der Waals surface area (Å²) in [5, 5.41) is 6.31. The summed E-state index contributed by atoms with van der Waals surface area (Å²) in [4.78, 5) is 15.2. The predicted octanol–water partition coefficient (Wildman–Crippen LogP) is 3.82. The second-order valence-electron chi connectivity index (χ2n) is 5.30. The second kappa shape index (κ2) is 6.95. The summed E-state index contributed by atoms with van der Waals surface area (Å²) >= 11 is 0. The Morgan fingerprint density at radius 2 is 1.85 bits per heavy atom. The van der Waals surface area contributed by atoms with E-state index in [1.54, 1.807) is 6.07 Å². The number of alkyl halides is 3. The van der Waals surface area contributed by atoms with Crippen LogP contribution in [0.5, 0.6) is 0 Å². The van der Waals surface area contributed by atoms with Crippen molar-refractivity contribution >= 4 is 5.91 Å². The first-order valence-corrected chi connectivity index (χ1v) is 7.36. The van der Waals surface area contributed by atoms with E-state index >= 15 is 0 Å². The summed E-state index contributed by atoms with van der Waals surface area (Å²) in [6, 6.07) is 8.96. The molecule has 0 fully saturated rings. The molecule has 26 heavy (non-hydrogen) atoms. The van der Waals surface area contributed by atoms with Gasteiger partial charge in [0.1, 0.15) is 17.2 Å². The maximum absolute atomic E-state index is 12.9. The number of benzene rings is 1. The Hall–Kier alpha value is -3.23. The first-order valence-electron chi connectivity index (χ1n) is 7.36. The van der Waals surface area contributed by atoms with Gasteiger partial charge in [0, 0.05) is 17.8 Å². The normalized spacial score (nSPS) is 11.4. The molecular formula is C17H11F4N3O2. The van der Waals surface area contributed by atoms with Crippen molar-refractivity contribution in [3.8, 4) is 11.3 Å². The SMILES string of the molecule is O=C(NCc1cc(-c2ccc(F)cc2)no1)c1ccc(C(F)(F)F)nc1. The zero-order chi connectivity index (χ0) is 18.7. The minimum absolute atomic E-state index is 0.0173. The minimum Gasteiger partial charge on any atom is -0.359 e. The van der Waals surface area contributed by atoms with Crippen molar-refractivity contribution in [1.29, 1.82) is 0 Å². The van der Waals surface area contributed by atoms with E-state index in [0.717, 1.165) is 18.3 Å². The molecule has 2 aromatic heterocycles. The first-order chi connectivity index (χ1) is 12.3. The maximum atomic E-state index is 12.9. The third-order valence-electron chi connectivity index (χ3n) is 3.44. The number of nitrogens with one attached hydrogen (secondary N) is 1. The molecule has 5 nitrogen and oxygen atoms in total. The molecule has 2 heterocycles. The van der Waals surface area contributed by atoms with Gasteiger partial charge in [-0.25, -0.2) is 4.39 Å². The van der Waals surface area contributed by atoms with Gasteiger partial charge in [-0.05, 0) is 36.4 Å². The van der Waals surface area contributed by atoms with Crippen LogP contribution in [0, 0.1) is 5.82 Å². The summed E-state index contributed by atoms with van der Waals surface area (Å²) in [6.07, 6.45) is -3.71. The summed E-state index contributed by atoms with van der Waals surface area (Å²) in [6.45, 7) is -0.0198. The number of aromatic nitrogens is 2. The van der Waals surface area contributed by atoms with Crippen LogP contribution in [0.25, 0.3) is 11.3 Å². The highest BCUT2D eigenvalue weighted by Gasteiger charge is 2.32. The molecule has 1 aromatic carbocycles. The van der Waals surface area contributed by atoms with Crippen molar-refractivity contribution in [3.63, 3.8) is 0 Å². The molecule has 3 aromatic rings. The zero-order valence-electron chi connectivity index (χ0n) is 13.0. The number of rotatable bonds is 4. The summed E-state index contributed by atoms with van der Waals surface area (Å²) in [5.41, 5.74) is 0.00890. The highest BCUT2D eigenvalue weighted by Crippen LogP contribution is 2.27. The molecule has 0 unspecified atom stereocenters. The van der Waals surface area contributed by atoms with E-state index in [-0.39, 0.29) is 17.9 Å². The van der Waals surface area contributed by atoms with Gasteiger partial charge in [0.25, 0.3) is 5.91 Å². The van der Waals surface area contributed by atoms with Gasteiger partial charge in [0.15, 0.2) is 5.76 Å². The molecule has 0 aliphatic rings. The molecule has 0 aliphatic heterocycles. The molecular weight excluding hydrogens is 354 g/mol. The van der Waals surface area contributed by atoms with E-state index in [1.807, 2.05) is 0 Å². The van der Waals surface area contributed by atoms with E-state index in [4.69, 9.17) is 4.52 Å². The van der Waals surface area contributed by atoms with Crippen LogP contribution in [-0.4, -0.2) is 16.0 Å². The van der Waals surface area contributed by atoms with E-state index in [1.165, 1.54) is 24.3 Å². The molecule has 0 aliphatic carbocycles. The van der Waals surface area contributed by atoms with Gasteiger partial charge in [0.2, 0.25) is 0 Å². The van der Waals surface area contributed by atoms with Crippen LogP contribution in [-0.2, 0) is 12.7 Å². The molecule has 1 N–H and O–H groups in total. The molecule has 134 valence electrons. The standard InChI is InChI=1S/C17H11F4N3O2/c18-12-4-1-10(2-5-12)14-7-13(26-24-14)9-23-16(25)11-3-6-15(22-8-11)17(19,20)21/h1-8H,9H2,(H,23,25). The molecule has 0 bridgehead atoms. The Morgan fingerprint density at radius 1 is 1.12 bits per heavy atom. The van der Waals surface area contributed by atoms with Crippen molar-refractivity contribution in [2.75, 3.05) is 0 Å². The van der Waals surface area contributed by atoms with Crippen molar-refractivity contribution in [1.82, 2.24) is 15.5 Å². The molecule has 0 spiro atoms. The average molecular weight is 365 g/mol. The van der Waals surface area contributed by atoms with Gasteiger partial charge in [-0.2, -0.15) is 13.2 Å². The van der Waals surface area contributed by atoms with Gasteiger partial charge < -0.3 is 9.84 Å². The van der Waals surface area contributed by atoms with Crippen LogP contribution in [0.1, 0.15) is 21.8 Å². The highest BCUT2D eigenvalue weighted by atomic mass is 19.4. The molecule has 0 saturated carbocycles. The van der Waals surface area contributed by atoms with Crippen molar-refractivity contribution in [2.24, 2.45) is 0 Å². The molecule has 0 saturated heterocycles. The zero-order valence-corrected chi connectivity index (χ0v) is 13.0. The summed E-state index contributed by atoms with van der Waals surface area (Å²) in [5.74, 6) is -0.654. The van der Waals surface area contributed by atoms with Crippen molar-refractivity contribution in [2.45, 2.75) is 12.7 Å². The van der Waals surface area contributed by atoms with Gasteiger partial charge in [-0.1, -0.05) is 5.16 Å². The fraction of sp³-hybridized carbons (Fsp3) is 0.118.